The van der Waals surface area contributed by atoms with Gasteiger partial charge in [-0.1, -0.05) is 6.92 Å². The highest BCUT2D eigenvalue weighted by Gasteiger charge is 2.40. The lowest BCUT2D eigenvalue weighted by Crippen LogP contribution is -2.43. The van der Waals surface area contributed by atoms with Crippen LogP contribution in [0.3, 0.4) is 0 Å². The smallest absolute Gasteiger partial charge is 0.326 e. The Bertz CT molecular complexity index is 519. The van der Waals surface area contributed by atoms with Crippen molar-refractivity contribution in [3.63, 3.8) is 0 Å². The van der Waals surface area contributed by atoms with E-state index in [4.69, 9.17) is 5.11 Å². The van der Waals surface area contributed by atoms with E-state index in [2.05, 4.69) is 9.97 Å². The Morgan fingerprint density at radius 3 is 2.83 bits per heavy atom. The van der Waals surface area contributed by atoms with Crippen molar-refractivity contribution in [3.05, 3.63) is 28.4 Å². The summed E-state index contributed by atoms with van der Waals surface area (Å²) in [5.41, 5.74) is -0.355. The van der Waals surface area contributed by atoms with E-state index in [0.717, 1.165) is 6.20 Å². The van der Waals surface area contributed by atoms with Gasteiger partial charge in [0.15, 0.2) is 0 Å². The summed E-state index contributed by atoms with van der Waals surface area (Å²) >= 11 is 0. The summed E-state index contributed by atoms with van der Waals surface area (Å²) < 4.78 is 0. The van der Waals surface area contributed by atoms with E-state index in [0.29, 0.717) is 13.0 Å². The van der Waals surface area contributed by atoms with Crippen molar-refractivity contribution in [2.24, 2.45) is 5.92 Å². The van der Waals surface area contributed by atoms with Crippen LogP contribution in [0.15, 0.2) is 17.2 Å². The summed E-state index contributed by atoms with van der Waals surface area (Å²) in [5, 5.41) is 9.12. The van der Waals surface area contributed by atoms with Crippen LogP contribution >= 0.6 is 0 Å². The fourth-order valence-electron chi connectivity index (χ4n) is 2.16. The predicted octanol–water partition coefficient (Wildman–Crippen LogP) is -0.295. The van der Waals surface area contributed by atoms with E-state index in [1.807, 2.05) is 0 Å². The molecule has 0 bridgehead atoms. The molecule has 2 atom stereocenters. The molecule has 1 aliphatic heterocycles. The number of rotatable bonds is 2. The van der Waals surface area contributed by atoms with E-state index in [1.165, 1.54) is 11.1 Å². The number of nitrogens with one attached hydrogen (secondary N) is 1. The van der Waals surface area contributed by atoms with Crippen LogP contribution in [0, 0.1) is 5.92 Å². The molecule has 7 nitrogen and oxygen atoms in total. The highest BCUT2D eigenvalue weighted by molar-refractivity contribution is 5.95. The molecule has 0 radical (unpaired) electrons. The molecule has 1 saturated heterocycles. The number of aliphatic carboxylic acids is 1. The summed E-state index contributed by atoms with van der Waals surface area (Å²) in [6, 6.07) is -0.828. The maximum Gasteiger partial charge on any atom is 0.326 e. The zero-order chi connectivity index (χ0) is 13.3. The molecular weight excluding hydrogens is 238 g/mol. The van der Waals surface area contributed by atoms with Crippen molar-refractivity contribution >= 4 is 11.9 Å². The third kappa shape index (κ3) is 2.11. The summed E-state index contributed by atoms with van der Waals surface area (Å²) in [6.45, 7) is 2.18. The molecule has 1 amide bonds. The SMILES string of the molecule is CC1CCN(C(=O)c2c[nH]c(=O)cn2)C1C(=O)O. The highest BCUT2D eigenvalue weighted by Crippen LogP contribution is 2.25. The largest absolute Gasteiger partial charge is 0.480 e. The minimum Gasteiger partial charge on any atom is -0.480 e. The quantitative estimate of drug-likeness (QED) is 0.751. The van der Waals surface area contributed by atoms with Crippen LogP contribution < -0.4 is 5.56 Å². The number of carboxylic acid groups (broad SMARTS) is 1. The minimum absolute atomic E-state index is 0.0509. The van der Waals surface area contributed by atoms with Crippen LogP contribution in [0.2, 0.25) is 0 Å². The van der Waals surface area contributed by atoms with Crippen LogP contribution in [0.4, 0.5) is 0 Å². The van der Waals surface area contributed by atoms with Crippen molar-refractivity contribution < 1.29 is 14.7 Å². The first-order valence-electron chi connectivity index (χ1n) is 5.59. The Labute approximate surface area is 102 Å². The van der Waals surface area contributed by atoms with Gasteiger partial charge in [-0.15, -0.1) is 0 Å². The number of likely N-dealkylation sites (tertiary alicyclic amines) is 1. The van der Waals surface area contributed by atoms with E-state index < -0.39 is 23.5 Å². The van der Waals surface area contributed by atoms with Crippen LogP contribution in [0.1, 0.15) is 23.8 Å². The zero-order valence-corrected chi connectivity index (χ0v) is 9.79. The molecule has 0 spiro atoms. The third-order valence-corrected chi connectivity index (χ3v) is 3.11. The van der Waals surface area contributed by atoms with Gasteiger partial charge in [-0.3, -0.25) is 9.59 Å². The molecule has 1 fully saturated rings. The van der Waals surface area contributed by atoms with E-state index in [1.54, 1.807) is 6.92 Å². The van der Waals surface area contributed by atoms with Gasteiger partial charge in [-0.05, 0) is 12.3 Å². The maximum atomic E-state index is 12.1. The van der Waals surface area contributed by atoms with Gasteiger partial charge in [0.25, 0.3) is 11.5 Å². The standard InChI is InChI=1S/C11H13N3O4/c1-6-2-3-14(9(6)11(17)18)10(16)7-4-13-8(15)5-12-7/h4-6,9H,2-3H2,1H3,(H,13,15)(H,17,18). The van der Waals surface area contributed by atoms with Gasteiger partial charge in [0, 0.05) is 12.7 Å². The monoisotopic (exact) mass is 251 g/mol. The van der Waals surface area contributed by atoms with Crippen molar-refractivity contribution in [2.75, 3.05) is 6.54 Å². The Morgan fingerprint density at radius 1 is 1.56 bits per heavy atom. The number of aromatic amines is 1. The number of carboxylic acids is 1. The molecule has 1 aliphatic rings. The third-order valence-electron chi connectivity index (χ3n) is 3.11. The molecule has 2 N–H and O–H groups in total. The van der Waals surface area contributed by atoms with Crippen molar-refractivity contribution in [1.29, 1.82) is 0 Å². The fraction of sp³-hybridized carbons (Fsp3) is 0.455. The highest BCUT2D eigenvalue weighted by atomic mass is 16.4. The average molecular weight is 251 g/mol. The first-order chi connectivity index (χ1) is 8.50. The molecule has 0 aromatic carbocycles. The van der Waals surface area contributed by atoms with Crippen LogP contribution in [-0.2, 0) is 4.79 Å². The molecule has 7 heteroatoms. The van der Waals surface area contributed by atoms with Crippen LogP contribution in [-0.4, -0.2) is 44.4 Å². The van der Waals surface area contributed by atoms with Gasteiger partial charge in [0.1, 0.15) is 11.7 Å². The van der Waals surface area contributed by atoms with Gasteiger partial charge >= 0.3 is 5.97 Å². The number of H-pyrrole nitrogens is 1. The number of aromatic nitrogens is 2. The molecule has 2 rings (SSSR count). The molecule has 2 heterocycles. The Morgan fingerprint density at radius 2 is 2.28 bits per heavy atom. The molecule has 1 aromatic rings. The molecule has 18 heavy (non-hydrogen) atoms. The second-order valence-electron chi connectivity index (χ2n) is 4.34. The summed E-state index contributed by atoms with van der Waals surface area (Å²) in [5.74, 6) is -1.57. The van der Waals surface area contributed by atoms with Gasteiger partial charge in [0.05, 0.1) is 6.20 Å². The fourth-order valence-corrected chi connectivity index (χ4v) is 2.16. The minimum atomic E-state index is -1.02. The summed E-state index contributed by atoms with van der Waals surface area (Å²) in [4.78, 5) is 41.4. The van der Waals surface area contributed by atoms with Crippen LogP contribution in [0.5, 0.6) is 0 Å². The summed E-state index contributed by atoms with van der Waals surface area (Å²) in [6.07, 6.45) is 2.85. The van der Waals surface area contributed by atoms with E-state index >= 15 is 0 Å². The maximum absolute atomic E-state index is 12.1. The van der Waals surface area contributed by atoms with Crippen molar-refractivity contribution in [3.8, 4) is 0 Å². The van der Waals surface area contributed by atoms with E-state index in [9.17, 15) is 14.4 Å². The number of carbonyl (C=O) groups excluding carboxylic acids is 1. The Hall–Kier alpha value is -2.18. The Balaban J connectivity index is 2.26. The second kappa shape index (κ2) is 4.59. The number of hydrogen-bond donors (Lipinski definition) is 2. The molecule has 0 saturated carbocycles. The normalized spacial score (nSPS) is 23.1. The number of hydrogen-bond acceptors (Lipinski definition) is 4. The van der Waals surface area contributed by atoms with Gasteiger partial charge in [-0.25, -0.2) is 9.78 Å². The van der Waals surface area contributed by atoms with Crippen molar-refractivity contribution in [2.45, 2.75) is 19.4 Å². The molecule has 96 valence electrons. The van der Waals surface area contributed by atoms with Gasteiger partial charge in [-0.2, -0.15) is 0 Å². The lowest BCUT2D eigenvalue weighted by atomic mass is 10.0. The molecule has 1 aromatic heterocycles. The molecular formula is C11H13N3O4. The lowest BCUT2D eigenvalue weighted by Gasteiger charge is -2.22. The molecule has 2 unspecified atom stereocenters. The zero-order valence-electron chi connectivity index (χ0n) is 9.79. The van der Waals surface area contributed by atoms with E-state index in [-0.39, 0.29) is 11.6 Å². The van der Waals surface area contributed by atoms with Gasteiger partial charge < -0.3 is 15.0 Å². The predicted molar refractivity (Wildman–Crippen MR) is 61.1 cm³/mol. The average Bonchev–Trinajstić information content (AvgIpc) is 2.71. The number of carbonyl (C=O) groups is 2. The first-order valence-corrected chi connectivity index (χ1v) is 5.59. The first kappa shape index (κ1) is 12.3. The number of amides is 1. The Kier molecular flexibility index (Phi) is 3.14. The second-order valence-corrected chi connectivity index (χ2v) is 4.34. The van der Waals surface area contributed by atoms with Crippen LogP contribution in [0.25, 0.3) is 0 Å². The van der Waals surface area contributed by atoms with Crippen molar-refractivity contribution in [1.82, 2.24) is 14.9 Å². The lowest BCUT2D eigenvalue weighted by molar-refractivity contribution is -0.142. The number of nitrogens with zero attached hydrogens (tertiary/aromatic N) is 2. The molecule has 0 aliphatic carbocycles. The summed E-state index contributed by atoms with van der Waals surface area (Å²) in [7, 11) is 0. The topological polar surface area (TPSA) is 103 Å². The van der Waals surface area contributed by atoms with Gasteiger partial charge in [0.2, 0.25) is 0 Å².